The van der Waals surface area contributed by atoms with Crippen LogP contribution in [-0.4, -0.2) is 38.3 Å². The Morgan fingerprint density at radius 2 is 1.59 bits per heavy atom. The lowest BCUT2D eigenvalue weighted by Crippen LogP contribution is -2.30. The molecule has 1 N–H and O–H groups in total. The van der Waals surface area contributed by atoms with Crippen LogP contribution < -0.4 is 10.1 Å². The molecule has 2 rings (SSSR count). The predicted molar refractivity (Wildman–Crippen MR) is 115 cm³/mol. The van der Waals surface area contributed by atoms with Gasteiger partial charge in [0.25, 0.3) is 5.91 Å². The molecule has 1 amide bonds. The number of carbonyl (C=O) groups excluding carboxylic acids is 1. The van der Waals surface area contributed by atoms with Crippen molar-refractivity contribution in [1.29, 1.82) is 0 Å². The van der Waals surface area contributed by atoms with E-state index < -0.39 is 10.0 Å². The SMILES string of the molecule is CCN(CC)S(=O)(=O)c1ccc(CNC(=O)COc2cc(Cl)c(Cl)cc2Cl)cc1. The first-order valence-electron chi connectivity index (χ1n) is 8.82. The summed E-state index contributed by atoms with van der Waals surface area (Å²) < 4.78 is 31.7. The summed E-state index contributed by atoms with van der Waals surface area (Å²) in [6, 6.07) is 9.25. The topological polar surface area (TPSA) is 75.7 Å². The van der Waals surface area contributed by atoms with Crippen molar-refractivity contribution in [2.45, 2.75) is 25.3 Å². The van der Waals surface area contributed by atoms with Gasteiger partial charge in [0.05, 0.1) is 20.0 Å². The molecule has 0 spiro atoms. The first-order chi connectivity index (χ1) is 13.7. The summed E-state index contributed by atoms with van der Waals surface area (Å²) in [6.07, 6.45) is 0. The maximum atomic E-state index is 12.5. The maximum Gasteiger partial charge on any atom is 0.258 e. The highest BCUT2D eigenvalue weighted by atomic mass is 35.5. The van der Waals surface area contributed by atoms with Gasteiger partial charge in [-0.3, -0.25) is 4.79 Å². The second-order valence-electron chi connectivity index (χ2n) is 6.00. The van der Waals surface area contributed by atoms with Crippen molar-refractivity contribution < 1.29 is 17.9 Å². The summed E-state index contributed by atoms with van der Waals surface area (Å²) in [4.78, 5) is 12.2. The van der Waals surface area contributed by atoms with Gasteiger partial charge in [0, 0.05) is 25.7 Å². The number of nitrogens with one attached hydrogen (secondary N) is 1. The normalized spacial score (nSPS) is 11.5. The van der Waals surface area contributed by atoms with E-state index in [4.69, 9.17) is 39.5 Å². The Hall–Kier alpha value is -1.51. The fourth-order valence-corrected chi connectivity index (χ4v) is 4.55. The van der Waals surface area contributed by atoms with Crippen LogP contribution in [0, 0.1) is 0 Å². The zero-order valence-corrected chi connectivity index (χ0v) is 19.0. The molecule has 2 aromatic carbocycles. The molecule has 0 fully saturated rings. The molecule has 6 nitrogen and oxygen atoms in total. The van der Waals surface area contributed by atoms with E-state index in [-0.39, 0.29) is 39.7 Å². The molecule has 0 atom stereocenters. The summed E-state index contributed by atoms with van der Waals surface area (Å²) in [7, 11) is -3.51. The van der Waals surface area contributed by atoms with Crippen LogP contribution in [0.3, 0.4) is 0 Å². The van der Waals surface area contributed by atoms with Gasteiger partial charge in [-0.2, -0.15) is 4.31 Å². The summed E-state index contributed by atoms with van der Waals surface area (Å²) in [5.41, 5.74) is 0.754. The van der Waals surface area contributed by atoms with Gasteiger partial charge in [0.15, 0.2) is 6.61 Å². The average Bonchev–Trinajstić information content (AvgIpc) is 2.69. The van der Waals surface area contributed by atoms with E-state index in [2.05, 4.69) is 5.32 Å². The molecule has 0 bridgehead atoms. The number of hydrogen-bond donors (Lipinski definition) is 1. The van der Waals surface area contributed by atoms with Crippen molar-refractivity contribution in [3.8, 4) is 5.75 Å². The van der Waals surface area contributed by atoms with Gasteiger partial charge in [-0.25, -0.2) is 8.42 Å². The number of sulfonamides is 1. The molecule has 10 heteroatoms. The Bertz CT molecular complexity index is 962. The molecular weight excluding hydrogens is 459 g/mol. The minimum absolute atomic E-state index is 0.217. The lowest BCUT2D eigenvalue weighted by molar-refractivity contribution is -0.123. The molecule has 0 unspecified atom stereocenters. The molecular formula is C19H21Cl3N2O4S. The Balaban J connectivity index is 1.92. The van der Waals surface area contributed by atoms with Crippen molar-refractivity contribution >= 4 is 50.7 Å². The highest BCUT2D eigenvalue weighted by Gasteiger charge is 2.21. The number of ether oxygens (including phenoxy) is 1. The summed E-state index contributed by atoms with van der Waals surface area (Å²) in [5, 5.41) is 3.50. The fraction of sp³-hybridized carbons (Fsp3) is 0.316. The van der Waals surface area contributed by atoms with E-state index in [1.807, 2.05) is 0 Å². The van der Waals surface area contributed by atoms with Gasteiger partial charge >= 0.3 is 0 Å². The first-order valence-corrected chi connectivity index (χ1v) is 11.4. The van der Waals surface area contributed by atoms with Crippen LogP contribution in [0.5, 0.6) is 5.75 Å². The molecule has 0 saturated heterocycles. The van der Waals surface area contributed by atoms with Crippen LogP contribution in [-0.2, 0) is 21.4 Å². The van der Waals surface area contributed by atoms with Gasteiger partial charge in [0.2, 0.25) is 10.0 Å². The predicted octanol–water partition coefficient (Wildman–Crippen LogP) is 4.37. The average molecular weight is 480 g/mol. The standard InChI is InChI=1S/C19H21Cl3N2O4S/c1-3-24(4-2)29(26,27)14-7-5-13(6-8-14)11-23-19(25)12-28-18-10-16(21)15(20)9-17(18)22/h5-10H,3-4,11-12H2,1-2H3,(H,23,25). The van der Waals surface area contributed by atoms with E-state index in [1.165, 1.54) is 28.6 Å². The van der Waals surface area contributed by atoms with E-state index >= 15 is 0 Å². The zero-order valence-electron chi connectivity index (χ0n) is 15.9. The fourth-order valence-electron chi connectivity index (χ4n) is 2.50. The summed E-state index contributed by atoms with van der Waals surface area (Å²) in [6.45, 7) is 4.35. The third-order valence-electron chi connectivity index (χ3n) is 4.09. The van der Waals surface area contributed by atoms with E-state index in [0.717, 1.165) is 5.56 Å². The Labute approximate surface area is 185 Å². The van der Waals surface area contributed by atoms with Crippen LogP contribution in [0.15, 0.2) is 41.3 Å². The lowest BCUT2D eigenvalue weighted by Gasteiger charge is -2.18. The highest BCUT2D eigenvalue weighted by molar-refractivity contribution is 7.89. The largest absolute Gasteiger partial charge is 0.482 e. The van der Waals surface area contributed by atoms with Gasteiger partial charge in [-0.15, -0.1) is 0 Å². The van der Waals surface area contributed by atoms with Crippen molar-refractivity contribution in [2.75, 3.05) is 19.7 Å². The number of carbonyl (C=O) groups is 1. The lowest BCUT2D eigenvalue weighted by atomic mass is 10.2. The van der Waals surface area contributed by atoms with Crippen LogP contribution >= 0.6 is 34.8 Å². The Morgan fingerprint density at radius 1 is 1.00 bits per heavy atom. The molecule has 0 aliphatic heterocycles. The van der Waals surface area contributed by atoms with Gasteiger partial charge < -0.3 is 10.1 Å². The molecule has 0 aliphatic carbocycles. The Kier molecular flexibility index (Phi) is 8.60. The smallest absolute Gasteiger partial charge is 0.258 e. The number of rotatable bonds is 9. The van der Waals surface area contributed by atoms with E-state index in [9.17, 15) is 13.2 Å². The molecule has 0 radical (unpaired) electrons. The van der Waals surface area contributed by atoms with Crippen molar-refractivity contribution in [3.63, 3.8) is 0 Å². The second-order valence-corrected chi connectivity index (χ2v) is 9.15. The second kappa shape index (κ2) is 10.5. The maximum absolute atomic E-state index is 12.5. The van der Waals surface area contributed by atoms with Gasteiger partial charge in [-0.1, -0.05) is 60.8 Å². The molecule has 158 valence electrons. The van der Waals surface area contributed by atoms with Crippen molar-refractivity contribution in [1.82, 2.24) is 9.62 Å². The van der Waals surface area contributed by atoms with E-state index in [0.29, 0.717) is 18.1 Å². The number of nitrogens with zero attached hydrogens (tertiary/aromatic N) is 1. The molecule has 0 heterocycles. The van der Waals surface area contributed by atoms with Crippen molar-refractivity contribution in [2.24, 2.45) is 0 Å². The van der Waals surface area contributed by atoms with Gasteiger partial charge in [-0.05, 0) is 23.8 Å². The number of amides is 1. The van der Waals surface area contributed by atoms with Gasteiger partial charge in [0.1, 0.15) is 5.75 Å². The summed E-state index contributed by atoms with van der Waals surface area (Å²) >= 11 is 17.8. The molecule has 29 heavy (non-hydrogen) atoms. The monoisotopic (exact) mass is 478 g/mol. The minimum atomic E-state index is -3.51. The third-order valence-corrected chi connectivity index (χ3v) is 7.17. The third kappa shape index (κ3) is 6.23. The zero-order chi connectivity index (χ0) is 21.6. The van der Waals surface area contributed by atoms with Crippen LogP contribution in [0.1, 0.15) is 19.4 Å². The molecule has 2 aromatic rings. The van der Waals surface area contributed by atoms with Crippen LogP contribution in [0.25, 0.3) is 0 Å². The summed E-state index contributed by atoms with van der Waals surface area (Å²) in [5.74, 6) is -0.117. The van der Waals surface area contributed by atoms with Crippen molar-refractivity contribution in [3.05, 3.63) is 57.0 Å². The first kappa shape index (κ1) is 23.8. The van der Waals surface area contributed by atoms with Crippen LogP contribution in [0.2, 0.25) is 15.1 Å². The number of hydrogen-bond acceptors (Lipinski definition) is 4. The highest BCUT2D eigenvalue weighted by Crippen LogP contribution is 2.33. The molecule has 0 aliphatic rings. The quantitative estimate of drug-likeness (QED) is 0.542. The molecule has 0 aromatic heterocycles. The van der Waals surface area contributed by atoms with E-state index in [1.54, 1.807) is 26.0 Å². The number of halogens is 3. The minimum Gasteiger partial charge on any atom is -0.482 e. The molecule has 0 saturated carbocycles. The Morgan fingerprint density at radius 3 is 2.17 bits per heavy atom. The number of benzene rings is 2. The van der Waals surface area contributed by atoms with Crippen LogP contribution in [0.4, 0.5) is 0 Å².